The van der Waals surface area contributed by atoms with Gasteiger partial charge in [0.1, 0.15) is 0 Å². The molecule has 0 amide bonds. The summed E-state index contributed by atoms with van der Waals surface area (Å²) in [5.41, 5.74) is 6.03. The van der Waals surface area contributed by atoms with Gasteiger partial charge in [-0.3, -0.25) is 4.90 Å². The number of nitrogens with two attached hydrogens (primary N) is 1. The molecule has 0 radical (unpaired) electrons. The molecule has 2 aliphatic rings. The van der Waals surface area contributed by atoms with Gasteiger partial charge >= 0.3 is 0 Å². The lowest BCUT2D eigenvalue weighted by Crippen LogP contribution is -2.52. The Morgan fingerprint density at radius 1 is 1.11 bits per heavy atom. The van der Waals surface area contributed by atoms with Crippen LogP contribution in [0.2, 0.25) is 0 Å². The summed E-state index contributed by atoms with van der Waals surface area (Å²) < 4.78 is 5.82. The molecule has 3 heteroatoms. The molecule has 2 fully saturated rings. The maximum absolute atomic E-state index is 6.03. The first-order chi connectivity index (χ1) is 8.69. The van der Waals surface area contributed by atoms with Gasteiger partial charge in [0.05, 0.1) is 12.2 Å². The van der Waals surface area contributed by atoms with Crippen LogP contribution in [0, 0.1) is 5.92 Å². The highest BCUT2D eigenvalue weighted by Gasteiger charge is 2.29. The van der Waals surface area contributed by atoms with E-state index in [0.717, 1.165) is 25.6 Å². The minimum Gasteiger partial charge on any atom is -0.373 e. The zero-order valence-corrected chi connectivity index (χ0v) is 12.1. The van der Waals surface area contributed by atoms with Crippen LogP contribution in [-0.2, 0) is 4.74 Å². The Morgan fingerprint density at radius 2 is 1.72 bits per heavy atom. The van der Waals surface area contributed by atoms with E-state index in [1.165, 1.54) is 38.5 Å². The summed E-state index contributed by atoms with van der Waals surface area (Å²) in [6.45, 7) is 7.27. The van der Waals surface area contributed by atoms with Gasteiger partial charge in [0.15, 0.2) is 0 Å². The Balaban J connectivity index is 1.86. The minimum absolute atomic E-state index is 0.356. The fourth-order valence-electron chi connectivity index (χ4n) is 3.72. The van der Waals surface area contributed by atoms with Gasteiger partial charge in [-0.2, -0.15) is 0 Å². The maximum Gasteiger partial charge on any atom is 0.0678 e. The van der Waals surface area contributed by atoms with Gasteiger partial charge < -0.3 is 10.5 Å². The number of ether oxygens (including phenoxy) is 1. The van der Waals surface area contributed by atoms with Crippen molar-refractivity contribution in [2.24, 2.45) is 11.7 Å². The van der Waals surface area contributed by atoms with E-state index in [1.54, 1.807) is 0 Å². The van der Waals surface area contributed by atoms with Crippen molar-refractivity contribution >= 4 is 0 Å². The fraction of sp³-hybridized carbons (Fsp3) is 1.00. The summed E-state index contributed by atoms with van der Waals surface area (Å²) in [4.78, 5) is 2.58. The molecule has 2 N–H and O–H groups in total. The van der Waals surface area contributed by atoms with Crippen molar-refractivity contribution < 1.29 is 4.74 Å². The lowest BCUT2D eigenvalue weighted by molar-refractivity contribution is -0.0819. The van der Waals surface area contributed by atoms with E-state index in [4.69, 9.17) is 10.5 Å². The van der Waals surface area contributed by atoms with E-state index in [-0.39, 0.29) is 0 Å². The fourth-order valence-corrected chi connectivity index (χ4v) is 3.72. The quantitative estimate of drug-likeness (QED) is 0.837. The molecule has 0 aromatic carbocycles. The predicted octanol–water partition coefficient (Wildman–Crippen LogP) is 2.39. The Morgan fingerprint density at radius 3 is 2.28 bits per heavy atom. The van der Waals surface area contributed by atoms with Crippen LogP contribution in [0.25, 0.3) is 0 Å². The Labute approximate surface area is 112 Å². The van der Waals surface area contributed by atoms with Crippen LogP contribution in [-0.4, -0.2) is 42.8 Å². The molecule has 3 unspecified atom stereocenters. The molecule has 0 aromatic rings. The van der Waals surface area contributed by atoms with Crippen molar-refractivity contribution in [2.75, 3.05) is 19.6 Å². The first-order valence-corrected chi connectivity index (χ1v) is 7.78. The number of hydrogen-bond donors (Lipinski definition) is 1. The number of morpholine rings is 1. The highest BCUT2D eigenvalue weighted by molar-refractivity contribution is 4.83. The van der Waals surface area contributed by atoms with Gasteiger partial charge in [0.25, 0.3) is 0 Å². The molecule has 106 valence electrons. The summed E-state index contributed by atoms with van der Waals surface area (Å²) in [5.74, 6) is 0.917. The third-order valence-corrected chi connectivity index (χ3v) is 4.57. The van der Waals surface area contributed by atoms with Crippen LogP contribution in [0.3, 0.4) is 0 Å². The molecule has 3 nitrogen and oxygen atoms in total. The smallest absolute Gasteiger partial charge is 0.0678 e. The van der Waals surface area contributed by atoms with Crippen molar-refractivity contribution in [3.8, 4) is 0 Å². The second-order valence-electron chi connectivity index (χ2n) is 6.34. The topological polar surface area (TPSA) is 38.5 Å². The highest BCUT2D eigenvalue weighted by Crippen LogP contribution is 2.29. The lowest BCUT2D eigenvalue weighted by atomic mass is 9.84. The van der Waals surface area contributed by atoms with Crippen LogP contribution in [0.4, 0.5) is 0 Å². The van der Waals surface area contributed by atoms with Crippen molar-refractivity contribution in [1.29, 1.82) is 0 Å². The molecule has 0 aromatic heterocycles. The van der Waals surface area contributed by atoms with Crippen LogP contribution >= 0.6 is 0 Å². The molecule has 1 heterocycles. The zero-order chi connectivity index (χ0) is 13.0. The Bertz CT molecular complexity index is 231. The highest BCUT2D eigenvalue weighted by atomic mass is 16.5. The second kappa shape index (κ2) is 6.88. The van der Waals surface area contributed by atoms with E-state index < -0.39 is 0 Å². The third kappa shape index (κ3) is 3.94. The number of rotatable bonds is 4. The van der Waals surface area contributed by atoms with Crippen LogP contribution < -0.4 is 5.73 Å². The summed E-state index contributed by atoms with van der Waals surface area (Å²) >= 11 is 0. The van der Waals surface area contributed by atoms with Crippen molar-refractivity contribution in [3.63, 3.8) is 0 Å². The van der Waals surface area contributed by atoms with Crippen molar-refractivity contribution in [1.82, 2.24) is 4.90 Å². The predicted molar refractivity (Wildman–Crippen MR) is 75.6 cm³/mol. The van der Waals surface area contributed by atoms with Gasteiger partial charge in [-0.15, -0.1) is 0 Å². The zero-order valence-electron chi connectivity index (χ0n) is 12.1. The monoisotopic (exact) mass is 254 g/mol. The first kappa shape index (κ1) is 14.3. The molecular formula is C15H30N2O. The second-order valence-corrected chi connectivity index (χ2v) is 6.34. The van der Waals surface area contributed by atoms with Crippen LogP contribution in [0.1, 0.15) is 52.4 Å². The minimum atomic E-state index is 0.356. The standard InChI is InChI=1S/C15H30N2O/c1-12-10-17(11-13(2)18-12)15(9-16)8-14-6-4-3-5-7-14/h12-15H,3-11,16H2,1-2H3. The first-order valence-electron chi connectivity index (χ1n) is 7.78. The van der Waals surface area contributed by atoms with Crippen LogP contribution in [0.5, 0.6) is 0 Å². The largest absolute Gasteiger partial charge is 0.373 e. The van der Waals surface area contributed by atoms with E-state index in [1.807, 2.05) is 0 Å². The number of hydrogen-bond acceptors (Lipinski definition) is 3. The molecule has 1 aliphatic carbocycles. The van der Waals surface area contributed by atoms with E-state index in [0.29, 0.717) is 18.2 Å². The van der Waals surface area contributed by atoms with E-state index >= 15 is 0 Å². The van der Waals surface area contributed by atoms with Gasteiger partial charge in [-0.25, -0.2) is 0 Å². The maximum atomic E-state index is 6.03. The molecule has 1 saturated carbocycles. The van der Waals surface area contributed by atoms with Crippen molar-refractivity contribution in [3.05, 3.63) is 0 Å². The van der Waals surface area contributed by atoms with Crippen LogP contribution in [0.15, 0.2) is 0 Å². The lowest BCUT2D eigenvalue weighted by Gasteiger charge is -2.41. The van der Waals surface area contributed by atoms with Crippen molar-refractivity contribution in [2.45, 2.75) is 70.6 Å². The molecule has 1 saturated heterocycles. The summed E-state index contributed by atoms with van der Waals surface area (Å²) in [5, 5.41) is 0. The summed E-state index contributed by atoms with van der Waals surface area (Å²) in [7, 11) is 0. The summed E-state index contributed by atoms with van der Waals surface area (Å²) in [6.07, 6.45) is 9.15. The van der Waals surface area contributed by atoms with Gasteiger partial charge in [0, 0.05) is 25.7 Å². The van der Waals surface area contributed by atoms with Gasteiger partial charge in [-0.05, 0) is 26.2 Å². The molecule has 0 bridgehead atoms. The average molecular weight is 254 g/mol. The number of nitrogens with zero attached hydrogens (tertiary/aromatic N) is 1. The molecule has 1 aliphatic heterocycles. The SMILES string of the molecule is CC1CN(C(CN)CC2CCCCC2)CC(C)O1. The normalized spacial score (nSPS) is 33.5. The Kier molecular flexibility index (Phi) is 5.46. The average Bonchev–Trinajstić information content (AvgIpc) is 2.36. The molecule has 2 rings (SSSR count). The molecule has 3 atom stereocenters. The van der Waals surface area contributed by atoms with E-state index in [2.05, 4.69) is 18.7 Å². The molecule has 18 heavy (non-hydrogen) atoms. The Hall–Kier alpha value is -0.120. The molecule has 0 spiro atoms. The summed E-state index contributed by atoms with van der Waals surface area (Å²) in [6, 6.07) is 0.571. The third-order valence-electron chi connectivity index (χ3n) is 4.57. The van der Waals surface area contributed by atoms with Gasteiger partial charge in [0.2, 0.25) is 0 Å². The molecular weight excluding hydrogens is 224 g/mol. The van der Waals surface area contributed by atoms with E-state index in [9.17, 15) is 0 Å². The van der Waals surface area contributed by atoms with Gasteiger partial charge in [-0.1, -0.05) is 32.1 Å².